The molecular formula is C75H65N. The zero-order chi connectivity index (χ0) is 51.8. The summed E-state index contributed by atoms with van der Waals surface area (Å²) >= 11 is 0. The molecule has 76 heavy (non-hydrogen) atoms. The van der Waals surface area contributed by atoms with E-state index in [0.29, 0.717) is 17.8 Å². The lowest BCUT2D eigenvalue weighted by atomic mass is 9.70. The Morgan fingerprint density at radius 2 is 0.658 bits per heavy atom. The van der Waals surface area contributed by atoms with Crippen LogP contribution < -0.4 is 4.90 Å². The number of benzene rings is 10. The first kappa shape index (κ1) is 46.5. The molecule has 0 bridgehead atoms. The Labute approximate surface area is 450 Å². The van der Waals surface area contributed by atoms with Gasteiger partial charge in [-0.15, -0.1) is 0 Å². The fourth-order valence-corrected chi connectivity index (χ4v) is 14.6. The predicted molar refractivity (Wildman–Crippen MR) is 320 cm³/mol. The molecule has 0 fully saturated rings. The molecule has 2 unspecified atom stereocenters. The van der Waals surface area contributed by atoms with E-state index in [1.165, 1.54) is 123 Å². The van der Waals surface area contributed by atoms with Gasteiger partial charge >= 0.3 is 0 Å². The summed E-state index contributed by atoms with van der Waals surface area (Å²) in [5.41, 5.74) is 30.7. The SMILES string of the molecule is CC(C)CC(c1ccc(-c2ccc3c(c2)C2(c4ccccc4-3)c3ccccc3-c3ccc(-c4ccc(N(c5ccc6c(c5)C(C)(C)c5ccccc5-6)c5ccc6c(c5)C(C)(C)c5ccccc5-6)cc4)cc32)cc1)C(C)C. The summed E-state index contributed by atoms with van der Waals surface area (Å²) in [6, 6.07) is 84.1. The van der Waals surface area contributed by atoms with Gasteiger partial charge in [-0.1, -0.05) is 225 Å². The highest BCUT2D eigenvalue weighted by molar-refractivity contribution is 5.97. The van der Waals surface area contributed by atoms with Crippen molar-refractivity contribution in [2.75, 3.05) is 4.90 Å². The Bertz CT molecular complexity index is 3850. The maximum absolute atomic E-state index is 2.53. The third-order valence-corrected chi connectivity index (χ3v) is 18.4. The summed E-state index contributed by atoms with van der Waals surface area (Å²) in [4.78, 5) is 2.49. The first-order valence-corrected chi connectivity index (χ1v) is 27.8. The van der Waals surface area contributed by atoms with Gasteiger partial charge in [0.25, 0.3) is 0 Å². The van der Waals surface area contributed by atoms with Gasteiger partial charge in [-0.05, 0) is 190 Å². The zero-order valence-electron chi connectivity index (χ0n) is 45.2. The van der Waals surface area contributed by atoms with E-state index in [0.717, 1.165) is 17.1 Å². The van der Waals surface area contributed by atoms with E-state index in [1.807, 2.05) is 0 Å². The maximum Gasteiger partial charge on any atom is 0.0725 e. The standard InChI is InChI=1S/C75H65N/c1-46(2)41-64(47(3)4)50-27-25-48(26-28-50)51-31-37-62-58-19-11-15-23-67(58)75(71(62)42-51)68-24-16-12-20-59(68)63-38-32-52(43-72(63)75)49-29-33-53(34-30-49)76(54-35-39-60-56-17-9-13-21-65(56)73(5,6)69(60)44-54)55-36-40-61-57-18-10-14-22-66(57)74(7,8)70(61)45-55/h9-40,42-47,64H,41H2,1-8H3. The van der Waals surface area contributed by atoms with E-state index < -0.39 is 5.41 Å². The van der Waals surface area contributed by atoms with Crippen LogP contribution in [0, 0.1) is 11.8 Å². The molecule has 4 aliphatic rings. The zero-order valence-corrected chi connectivity index (χ0v) is 45.2. The lowest BCUT2D eigenvalue weighted by Gasteiger charge is -2.31. The van der Waals surface area contributed by atoms with Crippen molar-refractivity contribution in [3.63, 3.8) is 0 Å². The molecule has 0 aliphatic heterocycles. The van der Waals surface area contributed by atoms with Crippen molar-refractivity contribution in [2.24, 2.45) is 11.8 Å². The summed E-state index contributed by atoms with van der Waals surface area (Å²) in [6.45, 7) is 19.0. The lowest BCUT2D eigenvalue weighted by molar-refractivity contribution is 0.408. The number of nitrogens with zero attached hydrogens (tertiary/aromatic N) is 1. The summed E-state index contributed by atoms with van der Waals surface area (Å²) < 4.78 is 0. The first-order valence-electron chi connectivity index (χ1n) is 27.8. The van der Waals surface area contributed by atoms with Crippen molar-refractivity contribution >= 4 is 17.1 Å². The average Bonchev–Trinajstić information content (AvgIpc) is 4.08. The van der Waals surface area contributed by atoms with Gasteiger partial charge in [0.1, 0.15) is 0 Å². The molecule has 0 saturated heterocycles. The molecule has 0 N–H and O–H groups in total. The van der Waals surface area contributed by atoms with Crippen LogP contribution >= 0.6 is 0 Å². The fraction of sp³-hybridized carbons (Fsp3) is 0.200. The second-order valence-corrected chi connectivity index (χ2v) is 24.1. The van der Waals surface area contributed by atoms with Crippen molar-refractivity contribution in [2.45, 2.75) is 84.0 Å². The number of anilines is 3. The van der Waals surface area contributed by atoms with E-state index >= 15 is 0 Å². The van der Waals surface area contributed by atoms with Gasteiger partial charge in [-0.3, -0.25) is 0 Å². The summed E-state index contributed by atoms with van der Waals surface area (Å²) in [6.07, 6.45) is 1.20. The average molecular weight is 980 g/mol. The van der Waals surface area contributed by atoms with Crippen molar-refractivity contribution in [3.8, 4) is 66.8 Å². The third-order valence-electron chi connectivity index (χ3n) is 18.4. The molecule has 1 nitrogen and oxygen atoms in total. The molecule has 2 atom stereocenters. The highest BCUT2D eigenvalue weighted by Gasteiger charge is 2.52. The van der Waals surface area contributed by atoms with Gasteiger partial charge in [0.05, 0.1) is 5.41 Å². The molecule has 14 rings (SSSR count). The monoisotopic (exact) mass is 980 g/mol. The lowest BCUT2D eigenvalue weighted by Crippen LogP contribution is -2.26. The molecule has 1 spiro atoms. The van der Waals surface area contributed by atoms with E-state index in [1.54, 1.807) is 0 Å². The van der Waals surface area contributed by atoms with Crippen LogP contribution in [0.5, 0.6) is 0 Å². The predicted octanol–water partition coefficient (Wildman–Crippen LogP) is 20.2. The Hall–Kier alpha value is -8.00. The number of hydrogen-bond acceptors (Lipinski definition) is 1. The van der Waals surface area contributed by atoms with E-state index in [9.17, 15) is 0 Å². The second-order valence-electron chi connectivity index (χ2n) is 24.1. The van der Waals surface area contributed by atoms with Gasteiger partial charge in [0.15, 0.2) is 0 Å². The summed E-state index contributed by atoms with van der Waals surface area (Å²) in [5, 5.41) is 0. The van der Waals surface area contributed by atoms with Gasteiger partial charge in [0, 0.05) is 27.9 Å². The number of fused-ring (bicyclic) bond motifs is 16. The normalized spacial score (nSPS) is 16.7. The molecule has 10 aromatic carbocycles. The van der Waals surface area contributed by atoms with Crippen molar-refractivity contribution < 1.29 is 0 Å². The Morgan fingerprint density at radius 3 is 1.09 bits per heavy atom. The third kappa shape index (κ3) is 6.70. The van der Waals surface area contributed by atoms with Crippen LogP contribution in [0.4, 0.5) is 17.1 Å². The number of hydrogen-bond donors (Lipinski definition) is 0. The van der Waals surface area contributed by atoms with Crippen molar-refractivity contribution in [1.29, 1.82) is 0 Å². The maximum atomic E-state index is 2.53. The second kappa shape index (κ2) is 17.0. The molecule has 370 valence electrons. The number of rotatable bonds is 9. The Balaban J connectivity index is 0.888. The smallest absolute Gasteiger partial charge is 0.0725 e. The molecule has 1 heteroatoms. The van der Waals surface area contributed by atoms with E-state index in [2.05, 4.69) is 279 Å². The van der Waals surface area contributed by atoms with Crippen LogP contribution in [0.25, 0.3) is 66.8 Å². The van der Waals surface area contributed by atoms with E-state index in [4.69, 9.17) is 0 Å². The van der Waals surface area contributed by atoms with Gasteiger partial charge in [0.2, 0.25) is 0 Å². The highest BCUT2D eigenvalue weighted by Crippen LogP contribution is 2.64. The molecule has 0 amide bonds. The quantitative estimate of drug-likeness (QED) is 0.139. The van der Waals surface area contributed by atoms with E-state index in [-0.39, 0.29) is 10.8 Å². The van der Waals surface area contributed by atoms with Gasteiger partial charge in [-0.25, -0.2) is 0 Å². The molecule has 0 saturated carbocycles. The van der Waals surface area contributed by atoms with Crippen LogP contribution in [-0.2, 0) is 16.2 Å². The summed E-state index contributed by atoms with van der Waals surface area (Å²) in [7, 11) is 0. The van der Waals surface area contributed by atoms with Gasteiger partial charge in [-0.2, -0.15) is 0 Å². The Morgan fingerprint density at radius 1 is 0.316 bits per heavy atom. The minimum atomic E-state index is -0.470. The Kier molecular flexibility index (Phi) is 10.4. The van der Waals surface area contributed by atoms with Crippen LogP contribution in [0.1, 0.15) is 118 Å². The van der Waals surface area contributed by atoms with Crippen LogP contribution in [0.2, 0.25) is 0 Å². The van der Waals surface area contributed by atoms with Crippen LogP contribution in [-0.4, -0.2) is 0 Å². The summed E-state index contributed by atoms with van der Waals surface area (Å²) in [5.74, 6) is 1.80. The molecule has 0 aromatic heterocycles. The fourth-order valence-electron chi connectivity index (χ4n) is 14.6. The minimum absolute atomic E-state index is 0.124. The van der Waals surface area contributed by atoms with Crippen LogP contribution in [0.15, 0.2) is 218 Å². The topological polar surface area (TPSA) is 3.24 Å². The highest BCUT2D eigenvalue weighted by atomic mass is 15.1. The first-order chi connectivity index (χ1) is 36.8. The molecular weight excluding hydrogens is 915 g/mol. The molecule has 10 aromatic rings. The van der Waals surface area contributed by atoms with Crippen molar-refractivity contribution in [1.82, 2.24) is 0 Å². The molecule has 4 aliphatic carbocycles. The van der Waals surface area contributed by atoms with Crippen molar-refractivity contribution in [3.05, 3.63) is 268 Å². The molecule has 0 heterocycles. The van der Waals surface area contributed by atoms with Gasteiger partial charge < -0.3 is 4.90 Å². The largest absolute Gasteiger partial charge is 0.310 e. The molecule has 0 radical (unpaired) electrons. The minimum Gasteiger partial charge on any atom is -0.310 e. The van der Waals surface area contributed by atoms with Crippen LogP contribution in [0.3, 0.4) is 0 Å².